The van der Waals surface area contributed by atoms with E-state index in [1.54, 1.807) is 23.0 Å². The Kier molecular flexibility index (Phi) is 7.57. The predicted octanol–water partition coefficient (Wildman–Crippen LogP) is 1.83. The van der Waals surface area contributed by atoms with Gasteiger partial charge in [-0.05, 0) is 68.7 Å². The molecule has 2 atom stereocenters. The smallest absolute Gasteiger partial charge is 0.243 e. The number of amides is 2. The minimum atomic E-state index is -1.27. The number of imide groups is 1. The molecule has 9 nitrogen and oxygen atoms in total. The van der Waals surface area contributed by atoms with Crippen molar-refractivity contribution in [1.29, 1.82) is 0 Å². The maximum Gasteiger partial charge on any atom is 0.243 e. The summed E-state index contributed by atoms with van der Waals surface area (Å²) in [6, 6.07) is 4.15. The highest BCUT2D eigenvalue weighted by molar-refractivity contribution is 6.00. The number of aromatic nitrogens is 3. The summed E-state index contributed by atoms with van der Waals surface area (Å²) in [5.41, 5.74) is 0.158. The maximum absolute atomic E-state index is 14.2. The minimum Gasteiger partial charge on any atom is -0.490 e. The molecule has 184 valence electrons. The molecule has 4 rings (SSSR count). The van der Waals surface area contributed by atoms with E-state index in [9.17, 15) is 19.1 Å². The van der Waals surface area contributed by atoms with E-state index < -0.39 is 11.4 Å². The standard InChI is InChI=1S/C24H32FN5O4/c1-2-24(33,17-7-8-19(25)21(12-17)34-14-16-5-6-16)15-30-18(13-27-29-30)4-3-11-26-20-9-10-22(31)28-23(20)32/h7-8,12-13,16,20,26,33H,2-6,9-11,14-15H2,1H3,(H,28,31,32)/t20?,24-/m1/s1. The maximum atomic E-state index is 14.2. The second-order valence-corrected chi connectivity index (χ2v) is 9.23. The van der Waals surface area contributed by atoms with Crippen molar-refractivity contribution in [2.24, 2.45) is 5.92 Å². The Labute approximate surface area is 198 Å². The van der Waals surface area contributed by atoms with Gasteiger partial charge in [0.15, 0.2) is 11.6 Å². The summed E-state index contributed by atoms with van der Waals surface area (Å²) >= 11 is 0. The van der Waals surface area contributed by atoms with E-state index >= 15 is 0 Å². The average Bonchev–Trinajstić information content (AvgIpc) is 3.55. The van der Waals surface area contributed by atoms with Gasteiger partial charge >= 0.3 is 0 Å². The van der Waals surface area contributed by atoms with E-state index in [0.29, 0.717) is 50.3 Å². The van der Waals surface area contributed by atoms with Crippen LogP contribution in [-0.4, -0.2) is 51.1 Å². The van der Waals surface area contributed by atoms with Crippen molar-refractivity contribution in [1.82, 2.24) is 25.6 Å². The van der Waals surface area contributed by atoms with Crippen molar-refractivity contribution in [3.8, 4) is 5.75 Å². The van der Waals surface area contributed by atoms with Crippen molar-refractivity contribution in [3.05, 3.63) is 41.5 Å². The SMILES string of the molecule is CC[C@@](O)(Cn1nncc1CCCNC1CCC(=O)NC1=O)c1ccc(F)c(OCC2CC2)c1. The normalized spacial score (nSPS) is 20.1. The first kappa shape index (κ1) is 24.3. The lowest BCUT2D eigenvalue weighted by Crippen LogP contribution is -2.50. The highest BCUT2D eigenvalue weighted by atomic mass is 19.1. The molecule has 1 aromatic carbocycles. The number of aliphatic hydroxyl groups is 1. The molecule has 0 spiro atoms. The third-order valence-corrected chi connectivity index (χ3v) is 6.57. The molecule has 1 unspecified atom stereocenters. The van der Waals surface area contributed by atoms with E-state index in [1.807, 2.05) is 6.92 Å². The summed E-state index contributed by atoms with van der Waals surface area (Å²) in [6.45, 7) is 3.13. The van der Waals surface area contributed by atoms with Gasteiger partial charge in [0, 0.05) is 6.42 Å². The lowest BCUT2D eigenvalue weighted by molar-refractivity contribution is -0.134. The number of hydrogen-bond donors (Lipinski definition) is 3. The highest BCUT2D eigenvalue weighted by Gasteiger charge is 2.31. The number of nitrogens with zero attached hydrogens (tertiary/aromatic N) is 3. The fourth-order valence-electron chi connectivity index (χ4n) is 4.09. The van der Waals surface area contributed by atoms with Crippen LogP contribution in [0.3, 0.4) is 0 Å². The second-order valence-electron chi connectivity index (χ2n) is 9.23. The summed E-state index contributed by atoms with van der Waals surface area (Å²) < 4.78 is 21.6. The lowest BCUT2D eigenvalue weighted by atomic mass is 9.90. The van der Waals surface area contributed by atoms with Crippen LogP contribution in [0, 0.1) is 11.7 Å². The number of rotatable bonds is 12. The van der Waals surface area contributed by atoms with Gasteiger partial charge in [-0.25, -0.2) is 9.07 Å². The molecule has 0 bridgehead atoms. The van der Waals surface area contributed by atoms with Gasteiger partial charge in [-0.2, -0.15) is 0 Å². The molecule has 1 saturated heterocycles. The number of aryl methyl sites for hydroxylation is 1. The average molecular weight is 474 g/mol. The fraction of sp³-hybridized carbons (Fsp3) is 0.583. The van der Waals surface area contributed by atoms with Gasteiger partial charge in [0.25, 0.3) is 0 Å². The van der Waals surface area contributed by atoms with E-state index in [2.05, 4.69) is 20.9 Å². The van der Waals surface area contributed by atoms with Crippen molar-refractivity contribution >= 4 is 11.8 Å². The molecule has 2 heterocycles. The molecule has 1 aromatic heterocycles. The molecule has 2 fully saturated rings. The van der Waals surface area contributed by atoms with Crippen LogP contribution in [0.4, 0.5) is 4.39 Å². The van der Waals surface area contributed by atoms with Gasteiger partial charge in [-0.15, -0.1) is 5.10 Å². The summed E-state index contributed by atoms with van der Waals surface area (Å²) in [5, 5.41) is 25.1. The predicted molar refractivity (Wildman–Crippen MR) is 121 cm³/mol. The van der Waals surface area contributed by atoms with Gasteiger partial charge < -0.3 is 15.2 Å². The van der Waals surface area contributed by atoms with Crippen LogP contribution in [-0.2, 0) is 28.2 Å². The third kappa shape index (κ3) is 5.98. The van der Waals surface area contributed by atoms with Crippen molar-refractivity contribution < 1.29 is 23.8 Å². The molecule has 1 saturated carbocycles. The van der Waals surface area contributed by atoms with Crippen LogP contribution in [0.25, 0.3) is 0 Å². The summed E-state index contributed by atoms with van der Waals surface area (Å²) in [4.78, 5) is 23.1. The van der Waals surface area contributed by atoms with Crippen LogP contribution in [0.15, 0.2) is 24.4 Å². The van der Waals surface area contributed by atoms with Crippen molar-refractivity contribution in [2.75, 3.05) is 13.2 Å². The van der Waals surface area contributed by atoms with Crippen LogP contribution >= 0.6 is 0 Å². The molecular formula is C24H32FN5O4. The Morgan fingerprint density at radius 2 is 2.15 bits per heavy atom. The molecule has 3 N–H and O–H groups in total. The lowest BCUT2D eigenvalue weighted by Gasteiger charge is -2.28. The quantitative estimate of drug-likeness (QED) is 0.318. The van der Waals surface area contributed by atoms with Gasteiger partial charge in [-0.3, -0.25) is 14.9 Å². The number of halogens is 1. The fourth-order valence-corrected chi connectivity index (χ4v) is 4.09. The van der Waals surface area contributed by atoms with Crippen LogP contribution < -0.4 is 15.4 Å². The van der Waals surface area contributed by atoms with Gasteiger partial charge in [-0.1, -0.05) is 18.2 Å². The van der Waals surface area contributed by atoms with Crippen LogP contribution in [0.1, 0.15) is 56.7 Å². The highest BCUT2D eigenvalue weighted by Crippen LogP contribution is 2.33. The monoisotopic (exact) mass is 473 g/mol. The molecule has 34 heavy (non-hydrogen) atoms. The number of ether oxygens (including phenoxy) is 1. The largest absolute Gasteiger partial charge is 0.490 e. The molecule has 0 radical (unpaired) electrons. The van der Waals surface area contributed by atoms with E-state index in [-0.39, 0.29) is 30.2 Å². The molecule has 10 heteroatoms. The first-order valence-corrected chi connectivity index (χ1v) is 12.0. The number of benzene rings is 1. The summed E-state index contributed by atoms with van der Waals surface area (Å²) in [6.07, 6.45) is 6.49. The zero-order valence-corrected chi connectivity index (χ0v) is 19.4. The molecule has 2 amide bonds. The third-order valence-electron chi connectivity index (χ3n) is 6.57. The van der Waals surface area contributed by atoms with Crippen molar-refractivity contribution in [2.45, 2.75) is 70.1 Å². The first-order chi connectivity index (χ1) is 16.4. The number of piperidine rings is 1. The first-order valence-electron chi connectivity index (χ1n) is 12.0. The molecule has 2 aromatic rings. The van der Waals surface area contributed by atoms with Crippen molar-refractivity contribution in [3.63, 3.8) is 0 Å². The summed E-state index contributed by atoms with van der Waals surface area (Å²) in [7, 11) is 0. The second kappa shape index (κ2) is 10.6. The minimum absolute atomic E-state index is 0.162. The van der Waals surface area contributed by atoms with Gasteiger partial charge in [0.2, 0.25) is 11.8 Å². The van der Waals surface area contributed by atoms with Crippen LogP contribution in [0.5, 0.6) is 5.75 Å². The molecule has 1 aliphatic carbocycles. The Bertz CT molecular complexity index is 1020. The topological polar surface area (TPSA) is 118 Å². The van der Waals surface area contributed by atoms with E-state index in [1.165, 1.54) is 6.07 Å². The number of hydrogen-bond acceptors (Lipinski definition) is 7. The Balaban J connectivity index is 1.35. The Morgan fingerprint density at radius 1 is 1.32 bits per heavy atom. The molecule has 1 aliphatic heterocycles. The van der Waals surface area contributed by atoms with Crippen LogP contribution in [0.2, 0.25) is 0 Å². The molecular weight excluding hydrogens is 441 g/mol. The molecule has 2 aliphatic rings. The van der Waals surface area contributed by atoms with E-state index in [0.717, 1.165) is 25.0 Å². The number of nitrogens with one attached hydrogen (secondary N) is 2. The Morgan fingerprint density at radius 3 is 2.88 bits per heavy atom. The number of carbonyl (C=O) groups excluding carboxylic acids is 2. The van der Waals surface area contributed by atoms with Gasteiger partial charge in [0.1, 0.15) is 5.60 Å². The van der Waals surface area contributed by atoms with Gasteiger partial charge in [0.05, 0.1) is 31.1 Å². The zero-order chi connectivity index (χ0) is 24.1. The zero-order valence-electron chi connectivity index (χ0n) is 19.4. The summed E-state index contributed by atoms with van der Waals surface area (Å²) in [5.74, 6) is -0.294. The van der Waals surface area contributed by atoms with E-state index in [4.69, 9.17) is 4.74 Å². The Hall–Kier alpha value is -2.85. The number of carbonyl (C=O) groups is 2.